The molecule has 1 saturated carbocycles. The molecule has 1 fully saturated rings. The Hall–Kier alpha value is -1.06. The molecule has 112 valence electrons. The van der Waals surface area contributed by atoms with Gasteiger partial charge in [-0.2, -0.15) is 0 Å². The Morgan fingerprint density at radius 1 is 1.30 bits per heavy atom. The smallest absolute Gasteiger partial charge is 0.227 e. The third-order valence-corrected chi connectivity index (χ3v) is 3.85. The summed E-state index contributed by atoms with van der Waals surface area (Å²) in [5, 5.41) is 3.02. The summed E-state index contributed by atoms with van der Waals surface area (Å²) in [4.78, 5) is 12.4. The van der Waals surface area contributed by atoms with Crippen molar-refractivity contribution in [2.75, 3.05) is 6.54 Å². The van der Waals surface area contributed by atoms with Gasteiger partial charge in [0.25, 0.3) is 0 Å². The molecule has 1 aromatic rings. The summed E-state index contributed by atoms with van der Waals surface area (Å²) in [7, 11) is 0. The maximum Gasteiger partial charge on any atom is 0.227 e. The van der Waals surface area contributed by atoms with Crippen molar-refractivity contribution in [3.63, 3.8) is 0 Å². The molecule has 1 aromatic carbocycles. The molecule has 4 heteroatoms. The Labute approximate surface area is 127 Å². The average Bonchev–Trinajstić information content (AvgIpc) is 3.21. The predicted molar refractivity (Wildman–Crippen MR) is 85.0 cm³/mol. The zero-order chi connectivity index (χ0) is 13.8. The van der Waals surface area contributed by atoms with Crippen molar-refractivity contribution in [2.45, 2.75) is 38.6 Å². The molecule has 3 N–H and O–H groups in total. The maximum absolute atomic E-state index is 12.4. The van der Waals surface area contributed by atoms with Crippen LogP contribution in [0.3, 0.4) is 0 Å². The first-order valence-electron chi connectivity index (χ1n) is 7.18. The number of hydrogen-bond donors (Lipinski definition) is 2. The van der Waals surface area contributed by atoms with E-state index < -0.39 is 0 Å². The molecule has 2 unspecified atom stereocenters. The standard InChI is InChI=1S/C16H24N2O.ClH/c1-11(2)15(13-6-4-3-5-7-13)16(19)18-10-14(17)12-8-9-12;/h3-7,11-12,14-15H,8-10,17H2,1-2H3,(H,18,19);1H. The van der Waals surface area contributed by atoms with Crippen molar-refractivity contribution in [3.8, 4) is 0 Å². The van der Waals surface area contributed by atoms with Crippen molar-refractivity contribution in [3.05, 3.63) is 35.9 Å². The van der Waals surface area contributed by atoms with Crippen LogP contribution in [-0.2, 0) is 4.79 Å². The molecule has 0 saturated heterocycles. The van der Waals surface area contributed by atoms with Crippen LogP contribution in [0.2, 0.25) is 0 Å². The Morgan fingerprint density at radius 2 is 1.90 bits per heavy atom. The van der Waals surface area contributed by atoms with Gasteiger partial charge in [0.2, 0.25) is 5.91 Å². The van der Waals surface area contributed by atoms with Gasteiger partial charge in [-0.05, 0) is 30.2 Å². The van der Waals surface area contributed by atoms with E-state index in [9.17, 15) is 4.79 Å². The van der Waals surface area contributed by atoms with Crippen LogP contribution in [0.5, 0.6) is 0 Å². The summed E-state index contributed by atoms with van der Waals surface area (Å²) < 4.78 is 0. The quantitative estimate of drug-likeness (QED) is 0.848. The van der Waals surface area contributed by atoms with E-state index in [4.69, 9.17) is 5.73 Å². The fourth-order valence-corrected chi connectivity index (χ4v) is 2.52. The SMILES string of the molecule is CC(C)C(C(=O)NCC(N)C1CC1)c1ccccc1.Cl. The Kier molecular flexibility index (Phi) is 6.50. The minimum Gasteiger partial charge on any atom is -0.354 e. The van der Waals surface area contributed by atoms with Gasteiger partial charge >= 0.3 is 0 Å². The summed E-state index contributed by atoms with van der Waals surface area (Å²) in [5.41, 5.74) is 7.11. The summed E-state index contributed by atoms with van der Waals surface area (Å²) in [5.74, 6) is 0.902. The molecule has 1 aliphatic rings. The summed E-state index contributed by atoms with van der Waals surface area (Å²) in [6.45, 7) is 4.76. The third kappa shape index (κ3) is 4.50. The van der Waals surface area contributed by atoms with Crippen LogP contribution in [0.1, 0.15) is 38.2 Å². The Bertz CT molecular complexity index is 418. The van der Waals surface area contributed by atoms with Gasteiger partial charge < -0.3 is 11.1 Å². The van der Waals surface area contributed by atoms with Gasteiger partial charge in [0.05, 0.1) is 5.92 Å². The van der Waals surface area contributed by atoms with E-state index in [1.54, 1.807) is 0 Å². The first-order valence-corrected chi connectivity index (χ1v) is 7.18. The number of benzene rings is 1. The number of amides is 1. The largest absolute Gasteiger partial charge is 0.354 e. The molecule has 3 nitrogen and oxygen atoms in total. The molecular weight excluding hydrogens is 272 g/mol. The van der Waals surface area contributed by atoms with Crippen molar-refractivity contribution in [1.82, 2.24) is 5.32 Å². The average molecular weight is 297 g/mol. The maximum atomic E-state index is 12.4. The highest BCUT2D eigenvalue weighted by atomic mass is 35.5. The van der Waals surface area contributed by atoms with Crippen molar-refractivity contribution < 1.29 is 4.79 Å². The van der Waals surface area contributed by atoms with Gasteiger partial charge in [0, 0.05) is 12.6 Å². The molecule has 0 radical (unpaired) electrons. The monoisotopic (exact) mass is 296 g/mol. The number of hydrogen-bond acceptors (Lipinski definition) is 2. The first kappa shape index (κ1) is 17.0. The number of carbonyl (C=O) groups excluding carboxylic acids is 1. The fourth-order valence-electron chi connectivity index (χ4n) is 2.52. The molecule has 0 aromatic heterocycles. The molecule has 2 rings (SSSR count). The van der Waals surface area contributed by atoms with E-state index in [1.165, 1.54) is 12.8 Å². The minimum absolute atomic E-state index is 0. The first-order chi connectivity index (χ1) is 9.09. The molecule has 0 aliphatic heterocycles. The number of nitrogens with two attached hydrogens (primary N) is 1. The lowest BCUT2D eigenvalue weighted by atomic mass is 9.87. The van der Waals surface area contributed by atoms with Crippen LogP contribution in [0.25, 0.3) is 0 Å². The van der Waals surface area contributed by atoms with Crippen molar-refractivity contribution >= 4 is 18.3 Å². The molecule has 1 amide bonds. The van der Waals surface area contributed by atoms with E-state index in [-0.39, 0.29) is 36.2 Å². The van der Waals surface area contributed by atoms with E-state index in [0.717, 1.165) is 5.56 Å². The number of nitrogens with one attached hydrogen (secondary N) is 1. The van der Waals surface area contributed by atoms with Gasteiger partial charge in [-0.3, -0.25) is 4.79 Å². The number of halogens is 1. The highest BCUT2D eigenvalue weighted by molar-refractivity contribution is 5.85. The van der Waals surface area contributed by atoms with Gasteiger partial charge in [-0.1, -0.05) is 44.2 Å². The lowest BCUT2D eigenvalue weighted by Crippen LogP contribution is -2.41. The van der Waals surface area contributed by atoms with Crippen molar-refractivity contribution in [1.29, 1.82) is 0 Å². The van der Waals surface area contributed by atoms with Gasteiger partial charge in [-0.15, -0.1) is 12.4 Å². The van der Waals surface area contributed by atoms with Crippen LogP contribution in [0.15, 0.2) is 30.3 Å². The van der Waals surface area contributed by atoms with Crippen LogP contribution in [0, 0.1) is 11.8 Å². The zero-order valence-corrected chi connectivity index (χ0v) is 13.0. The Morgan fingerprint density at radius 3 is 2.40 bits per heavy atom. The van der Waals surface area contributed by atoms with Gasteiger partial charge in [0.15, 0.2) is 0 Å². The second kappa shape index (κ2) is 7.65. The Balaban J connectivity index is 0.00000200. The molecule has 0 spiro atoms. The van der Waals surface area contributed by atoms with Crippen LogP contribution >= 0.6 is 12.4 Å². The van der Waals surface area contributed by atoms with E-state index in [2.05, 4.69) is 19.2 Å². The second-order valence-corrected chi connectivity index (χ2v) is 5.88. The molecular formula is C16H25ClN2O. The molecule has 0 heterocycles. The fraction of sp³-hybridized carbons (Fsp3) is 0.562. The number of carbonyl (C=O) groups is 1. The normalized spacial score (nSPS) is 17.2. The zero-order valence-electron chi connectivity index (χ0n) is 12.2. The predicted octanol–water partition coefficient (Wildman–Crippen LogP) is 2.70. The summed E-state index contributed by atoms with van der Waals surface area (Å²) in [6, 6.07) is 10.1. The lowest BCUT2D eigenvalue weighted by Gasteiger charge is -2.22. The third-order valence-electron chi connectivity index (χ3n) is 3.85. The minimum atomic E-state index is -0.0902. The van der Waals surface area contributed by atoms with Crippen LogP contribution in [0.4, 0.5) is 0 Å². The van der Waals surface area contributed by atoms with Crippen LogP contribution in [-0.4, -0.2) is 18.5 Å². The van der Waals surface area contributed by atoms with E-state index in [1.807, 2.05) is 30.3 Å². The lowest BCUT2D eigenvalue weighted by molar-refractivity contribution is -0.123. The summed E-state index contributed by atoms with van der Waals surface area (Å²) >= 11 is 0. The molecule has 1 aliphatic carbocycles. The van der Waals surface area contributed by atoms with Gasteiger partial charge in [-0.25, -0.2) is 0 Å². The van der Waals surface area contributed by atoms with Gasteiger partial charge in [0.1, 0.15) is 0 Å². The highest BCUT2D eigenvalue weighted by Gasteiger charge is 2.30. The molecule has 2 atom stereocenters. The van der Waals surface area contributed by atoms with Crippen LogP contribution < -0.4 is 11.1 Å². The van der Waals surface area contributed by atoms with E-state index >= 15 is 0 Å². The second-order valence-electron chi connectivity index (χ2n) is 5.88. The summed E-state index contributed by atoms with van der Waals surface area (Å²) in [6.07, 6.45) is 2.42. The number of rotatable bonds is 6. The van der Waals surface area contributed by atoms with Crippen molar-refractivity contribution in [2.24, 2.45) is 17.6 Å². The van der Waals surface area contributed by atoms with E-state index in [0.29, 0.717) is 12.5 Å². The molecule has 20 heavy (non-hydrogen) atoms. The highest BCUT2D eigenvalue weighted by Crippen LogP contribution is 2.31. The topological polar surface area (TPSA) is 55.1 Å². The molecule has 0 bridgehead atoms.